The van der Waals surface area contributed by atoms with Crippen molar-refractivity contribution in [2.75, 3.05) is 11.9 Å². The Morgan fingerprint density at radius 1 is 1.06 bits per heavy atom. The Balaban J connectivity index is 1.62. The first-order chi connectivity index (χ1) is 16.0. The maximum Gasteiger partial charge on any atom is 0.250 e. The summed E-state index contributed by atoms with van der Waals surface area (Å²) in [4.78, 5) is 30.7. The van der Waals surface area contributed by atoms with Crippen molar-refractivity contribution in [1.82, 2.24) is 4.90 Å². The first kappa shape index (κ1) is 20.8. The number of nitrogens with zero attached hydrogens (tertiary/aromatic N) is 1. The van der Waals surface area contributed by atoms with Crippen molar-refractivity contribution in [3.63, 3.8) is 0 Å². The van der Waals surface area contributed by atoms with E-state index in [1.165, 1.54) is 0 Å². The molecule has 2 fully saturated rings. The van der Waals surface area contributed by atoms with Crippen molar-refractivity contribution in [2.24, 2.45) is 5.92 Å². The van der Waals surface area contributed by atoms with Gasteiger partial charge in [0.05, 0.1) is 5.92 Å². The Hall–Kier alpha value is -2.76. The first-order valence-electron chi connectivity index (χ1n) is 11.6. The van der Waals surface area contributed by atoms with Gasteiger partial charge in [-0.2, -0.15) is 0 Å². The third-order valence-electron chi connectivity index (χ3n) is 7.77. The summed E-state index contributed by atoms with van der Waals surface area (Å²) in [7, 11) is 0. The zero-order valence-corrected chi connectivity index (χ0v) is 20.0. The molecule has 0 bridgehead atoms. The van der Waals surface area contributed by atoms with Crippen LogP contribution in [0, 0.1) is 12.8 Å². The zero-order chi connectivity index (χ0) is 22.7. The number of benzene rings is 3. The van der Waals surface area contributed by atoms with E-state index in [4.69, 9.17) is 0 Å². The Morgan fingerprint density at radius 3 is 2.58 bits per heavy atom. The maximum absolute atomic E-state index is 14.4. The number of Topliss-reactive ketones (excluding diaryl/α,β-unsaturated/α-hetero) is 1. The van der Waals surface area contributed by atoms with Crippen LogP contribution in [0.15, 0.2) is 77.3 Å². The lowest BCUT2D eigenvalue weighted by Crippen LogP contribution is -2.52. The van der Waals surface area contributed by atoms with Gasteiger partial charge in [0.15, 0.2) is 5.78 Å². The van der Waals surface area contributed by atoms with E-state index in [-0.39, 0.29) is 23.7 Å². The number of carbonyl (C=O) groups excluding carboxylic acids is 2. The van der Waals surface area contributed by atoms with E-state index in [1.54, 1.807) is 0 Å². The molecular weight excluding hydrogens is 476 g/mol. The highest BCUT2D eigenvalue weighted by atomic mass is 79.9. The number of aryl methyl sites for hydroxylation is 1. The summed E-state index contributed by atoms with van der Waals surface area (Å²) in [6, 6.07) is 24.1. The van der Waals surface area contributed by atoms with Gasteiger partial charge in [-0.1, -0.05) is 76.1 Å². The first-order valence-corrected chi connectivity index (χ1v) is 12.3. The molecule has 0 aliphatic carbocycles. The van der Waals surface area contributed by atoms with E-state index in [0.29, 0.717) is 5.56 Å². The van der Waals surface area contributed by atoms with Gasteiger partial charge in [-0.15, -0.1) is 0 Å². The normalized spacial score (nSPS) is 28.1. The van der Waals surface area contributed by atoms with E-state index in [9.17, 15) is 9.59 Å². The molecule has 3 aliphatic rings. The van der Waals surface area contributed by atoms with Crippen molar-refractivity contribution in [1.29, 1.82) is 0 Å². The lowest BCUT2D eigenvalue weighted by atomic mass is 9.69. The molecule has 166 valence electrons. The monoisotopic (exact) mass is 500 g/mol. The van der Waals surface area contributed by atoms with Crippen molar-refractivity contribution in [2.45, 2.75) is 37.3 Å². The lowest BCUT2D eigenvalue weighted by molar-refractivity contribution is -0.127. The summed E-state index contributed by atoms with van der Waals surface area (Å²) in [5.41, 5.74) is 3.63. The van der Waals surface area contributed by atoms with Crippen LogP contribution in [0.2, 0.25) is 0 Å². The molecule has 4 atom stereocenters. The number of carbonyl (C=O) groups is 2. The number of amides is 1. The highest BCUT2D eigenvalue weighted by molar-refractivity contribution is 9.10. The number of ketones is 1. The largest absolute Gasteiger partial charge is 0.324 e. The zero-order valence-electron chi connectivity index (χ0n) is 18.4. The SMILES string of the molecule is Cc1ccc(C(=O)C2C(c3ccccc3)C3CCCN3[C@@]23C(=O)Nc2ccc(Br)cc23)cc1. The van der Waals surface area contributed by atoms with E-state index < -0.39 is 11.5 Å². The van der Waals surface area contributed by atoms with Crippen LogP contribution in [0.25, 0.3) is 0 Å². The number of halogens is 1. The van der Waals surface area contributed by atoms with E-state index in [2.05, 4.69) is 38.3 Å². The van der Waals surface area contributed by atoms with Gasteiger partial charge in [-0.25, -0.2) is 0 Å². The second kappa shape index (κ2) is 7.64. The molecular formula is C28H25BrN2O2. The molecule has 5 heteroatoms. The van der Waals surface area contributed by atoms with Gasteiger partial charge in [0.1, 0.15) is 5.54 Å². The minimum Gasteiger partial charge on any atom is -0.324 e. The standard InChI is InChI=1S/C28H25BrN2O2/c1-17-9-11-19(12-10-17)26(32)25-24(18-6-3-2-4-7-18)23-8-5-15-31(23)28(25)21-16-20(29)13-14-22(21)30-27(28)33/h2-4,6-7,9-14,16,23-25H,5,8,15H2,1H3,(H,30,33)/t23?,24?,25?,28-/m1/s1. The molecule has 2 saturated heterocycles. The quantitative estimate of drug-likeness (QED) is 0.471. The number of hydrogen-bond acceptors (Lipinski definition) is 3. The Bertz CT molecular complexity index is 1260. The summed E-state index contributed by atoms with van der Waals surface area (Å²) < 4.78 is 0.914. The van der Waals surface area contributed by atoms with E-state index in [0.717, 1.165) is 46.2 Å². The highest BCUT2D eigenvalue weighted by Crippen LogP contribution is 2.61. The summed E-state index contributed by atoms with van der Waals surface area (Å²) in [6.07, 6.45) is 2.01. The predicted octanol–water partition coefficient (Wildman–Crippen LogP) is 5.67. The molecule has 1 N–H and O–H groups in total. The van der Waals surface area contributed by atoms with Gasteiger partial charge < -0.3 is 5.32 Å². The second-order valence-electron chi connectivity index (χ2n) is 9.46. The Labute approximate surface area is 202 Å². The number of hydrogen-bond donors (Lipinski definition) is 1. The molecule has 3 heterocycles. The van der Waals surface area contributed by atoms with Crippen LogP contribution in [-0.4, -0.2) is 29.2 Å². The van der Waals surface area contributed by atoms with Gasteiger partial charge in [-0.05, 0) is 50.1 Å². The molecule has 0 saturated carbocycles. The Kier molecular flexibility index (Phi) is 4.82. The van der Waals surface area contributed by atoms with Gasteiger partial charge >= 0.3 is 0 Å². The average molecular weight is 501 g/mol. The summed E-state index contributed by atoms with van der Waals surface area (Å²) in [6.45, 7) is 2.83. The topological polar surface area (TPSA) is 49.4 Å². The van der Waals surface area contributed by atoms with Crippen LogP contribution in [0.1, 0.15) is 45.8 Å². The van der Waals surface area contributed by atoms with Gasteiger partial charge in [0.2, 0.25) is 5.91 Å². The van der Waals surface area contributed by atoms with Crippen molar-refractivity contribution < 1.29 is 9.59 Å². The molecule has 3 unspecified atom stereocenters. The van der Waals surface area contributed by atoms with Crippen LogP contribution >= 0.6 is 15.9 Å². The second-order valence-corrected chi connectivity index (χ2v) is 10.4. The molecule has 3 aromatic rings. The molecule has 1 spiro atoms. The summed E-state index contributed by atoms with van der Waals surface area (Å²) >= 11 is 3.62. The number of anilines is 1. The molecule has 4 nitrogen and oxygen atoms in total. The molecule has 1 amide bonds. The fraction of sp³-hybridized carbons (Fsp3) is 0.286. The van der Waals surface area contributed by atoms with Crippen LogP contribution in [0.5, 0.6) is 0 Å². The smallest absolute Gasteiger partial charge is 0.250 e. The van der Waals surface area contributed by atoms with Crippen molar-refractivity contribution in [3.8, 4) is 0 Å². The van der Waals surface area contributed by atoms with E-state index >= 15 is 0 Å². The van der Waals surface area contributed by atoms with E-state index in [1.807, 2.05) is 67.6 Å². The fourth-order valence-corrected chi connectivity index (χ4v) is 6.84. The van der Waals surface area contributed by atoms with Gasteiger partial charge in [0.25, 0.3) is 0 Å². The molecule has 3 aliphatic heterocycles. The van der Waals surface area contributed by atoms with Crippen LogP contribution in [-0.2, 0) is 10.3 Å². The van der Waals surface area contributed by atoms with Crippen LogP contribution in [0.4, 0.5) is 5.69 Å². The average Bonchev–Trinajstić information content (AvgIpc) is 3.48. The number of rotatable bonds is 3. The molecule has 0 radical (unpaired) electrons. The molecule has 33 heavy (non-hydrogen) atoms. The fourth-order valence-electron chi connectivity index (χ4n) is 6.48. The van der Waals surface area contributed by atoms with Crippen LogP contribution in [0.3, 0.4) is 0 Å². The lowest BCUT2D eigenvalue weighted by Gasteiger charge is -2.37. The third-order valence-corrected chi connectivity index (χ3v) is 8.26. The Morgan fingerprint density at radius 2 is 1.82 bits per heavy atom. The number of fused-ring (bicyclic) bond motifs is 4. The van der Waals surface area contributed by atoms with Crippen LogP contribution < -0.4 is 5.32 Å². The predicted molar refractivity (Wildman–Crippen MR) is 132 cm³/mol. The van der Waals surface area contributed by atoms with Crippen molar-refractivity contribution in [3.05, 3.63) is 99.5 Å². The minimum absolute atomic E-state index is 0.0428. The van der Waals surface area contributed by atoms with Gasteiger partial charge in [-0.3, -0.25) is 14.5 Å². The molecule has 6 rings (SSSR count). The number of nitrogens with one attached hydrogen (secondary N) is 1. The third kappa shape index (κ3) is 2.92. The summed E-state index contributed by atoms with van der Waals surface area (Å²) in [5, 5.41) is 3.13. The van der Waals surface area contributed by atoms with Crippen molar-refractivity contribution >= 4 is 33.3 Å². The maximum atomic E-state index is 14.4. The molecule has 3 aromatic carbocycles. The summed E-state index contributed by atoms with van der Waals surface area (Å²) in [5.74, 6) is -0.603. The minimum atomic E-state index is -1.01. The highest BCUT2D eigenvalue weighted by Gasteiger charge is 2.69. The van der Waals surface area contributed by atoms with Gasteiger partial charge in [0, 0.05) is 33.2 Å². The molecule has 0 aromatic heterocycles.